The molecule has 0 aliphatic carbocycles. The molecule has 0 bridgehead atoms. The number of hydrogen-bond donors (Lipinski definition) is 1. The molecule has 0 spiro atoms. The van der Waals surface area contributed by atoms with E-state index in [0.29, 0.717) is 35.4 Å². The Kier molecular flexibility index (Phi) is 5.70. The molecular weight excluding hydrogens is 446 g/mol. The number of anilines is 1. The normalized spacial score (nSPS) is 17.0. The maximum Gasteiger partial charge on any atom is 0.347 e. The quantitative estimate of drug-likeness (QED) is 0.326. The van der Waals surface area contributed by atoms with Gasteiger partial charge in [0.2, 0.25) is 0 Å². The number of para-hydroxylation sites is 2. The number of carbonyl (C=O) groups excluding carboxylic acids is 2. The first-order chi connectivity index (χ1) is 16.9. The van der Waals surface area contributed by atoms with Gasteiger partial charge in [-0.15, -0.1) is 0 Å². The highest BCUT2D eigenvalue weighted by atomic mass is 16.5. The highest BCUT2D eigenvalue weighted by Gasteiger charge is 2.50. The maximum atomic E-state index is 13.5. The monoisotopic (exact) mass is 469 g/mol. The Morgan fingerprint density at radius 1 is 1.00 bits per heavy atom. The first kappa shape index (κ1) is 22.6. The van der Waals surface area contributed by atoms with Gasteiger partial charge in [-0.25, -0.2) is 4.79 Å². The van der Waals surface area contributed by atoms with E-state index in [0.717, 1.165) is 5.56 Å². The predicted molar refractivity (Wildman–Crippen MR) is 131 cm³/mol. The topological polar surface area (TPSA) is 97.0 Å². The van der Waals surface area contributed by atoms with Gasteiger partial charge in [0.05, 0.1) is 19.2 Å². The van der Waals surface area contributed by atoms with Crippen molar-refractivity contribution in [3.05, 3.63) is 106 Å². The minimum atomic E-state index is -2.08. The van der Waals surface area contributed by atoms with Gasteiger partial charge in [0.15, 0.2) is 22.7 Å². The average Bonchev–Trinajstić information content (AvgIpc) is 3.08. The molecule has 2 heterocycles. The van der Waals surface area contributed by atoms with Crippen molar-refractivity contribution in [3.8, 4) is 5.75 Å². The third-order valence-electron chi connectivity index (χ3n) is 6.37. The Bertz CT molecular complexity index is 1490. The average molecular weight is 469 g/mol. The number of ketones is 1. The lowest BCUT2D eigenvalue weighted by atomic mass is 9.88. The molecule has 1 aromatic heterocycles. The van der Waals surface area contributed by atoms with Crippen LogP contribution in [-0.2, 0) is 16.8 Å². The van der Waals surface area contributed by atoms with E-state index in [-0.39, 0.29) is 11.1 Å². The van der Waals surface area contributed by atoms with Crippen molar-refractivity contribution in [2.75, 3.05) is 18.6 Å². The highest BCUT2D eigenvalue weighted by Crippen LogP contribution is 2.43. The summed E-state index contributed by atoms with van der Waals surface area (Å²) in [5.41, 5.74) is -0.988. The third kappa shape index (κ3) is 3.90. The van der Waals surface area contributed by atoms with Crippen LogP contribution in [0.4, 0.5) is 5.69 Å². The van der Waals surface area contributed by atoms with Crippen LogP contribution < -0.4 is 15.3 Å². The van der Waals surface area contributed by atoms with E-state index in [1.54, 1.807) is 42.5 Å². The molecule has 7 nitrogen and oxygen atoms in total. The van der Waals surface area contributed by atoms with Crippen molar-refractivity contribution in [2.24, 2.45) is 0 Å². The molecule has 176 valence electrons. The maximum absolute atomic E-state index is 13.5. The largest absolute Gasteiger partial charge is 0.493 e. The lowest BCUT2D eigenvalue weighted by Crippen LogP contribution is -2.43. The summed E-state index contributed by atoms with van der Waals surface area (Å²) in [4.78, 5) is 40.9. The van der Waals surface area contributed by atoms with E-state index in [1.807, 2.05) is 30.3 Å². The van der Waals surface area contributed by atoms with Gasteiger partial charge in [-0.2, -0.15) is 0 Å². The summed E-state index contributed by atoms with van der Waals surface area (Å²) in [6.07, 6.45) is 0.00591. The number of rotatable bonds is 7. The predicted octanol–water partition coefficient (Wildman–Crippen LogP) is 3.85. The summed E-state index contributed by atoms with van der Waals surface area (Å²) in [6, 6.07) is 23.0. The number of Topliss-reactive ketones (excluding diaryl/α,β-unsaturated/α-hetero) is 1. The number of amides is 1. The number of nitrogens with zero attached hydrogens (tertiary/aromatic N) is 1. The van der Waals surface area contributed by atoms with Gasteiger partial charge >= 0.3 is 5.63 Å². The van der Waals surface area contributed by atoms with Crippen LogP contribution >= 0.6 is 0 Å². The summed E-state index contributed by atoms with van der Waals surface area (Å²) < 4.78 is 10.6. The molecule has 0 saturated heterocycles. The number of ether oxygens (including phenoxy) is 1. The Labute approximate surface area is 201 Å². The standard InChI is InChI=1S/C28H23NO6/c1-34-24-13-7-10-19-16-20(26(31)35-25(19)24)23(30)17-28(33)21-11-5-6-12-22(21)29(27(28)32)15-14-18-8-3-2-4-9-18/h2-13,16,33H,14-15,17H2,1H3/t28-/m0/s1. The molecular formula is C28H23NO6. The van der Waals surface area contributed by atoms with E-state index in [9.17, 15) is 19.5 Å². The van der Waals surface area contributed by atoms with Crippen molar-refractivity contribution >= 4 is 28.3 Å². The number of benzene rings is 3. The minimum absolute atomic E-state index is 0.227. The Morgan fingerprint density at radius 2 is 1.74 bits per heavy atom. The second kappa shape index (κ2) is 8.85. The Hall–Kier alpha value is -4.23. The third-order valence-corrected chi connectivity index (χ3v) is 6.37. The summed E-state index contributed by atoms with van der Waals surface area (Å²) in [5.74, 6) is -0.903. The van der Waals surface area contributed by atoms with E-state index in [1.165, 1.54) is 18.1 Å². The van der Waals surface area contributed by atoms with E-state index < -0.39 is 29.3 Å². The van der Waals surface area contributed by atoms with Crippen LogP contribution in [0.2, 0.25) is 0 Å². The van der Waals surface area contributed by atoms with Crippen LogP contribution in [-0.4, -0.2) is 30.5 Å². The van der Waals surface area contributed by atoms with Crippen LogP contribution in [0.1, 0.15) is 27.9 Å². The van der Waals surface area contributed by atoms with Crippen molar-refractivity contribution < 1.29 is 23.8 Å². The molecule has 0 unspecified atom stereocenters. The number of aliphatic hydroxyl groups is 1. The zero-order valence-electron chi connectivity index (χ0n) is 19.1. The fourth-order valence-electron chi connectivity index (χ4n) is 4.59. The van der Waals surface area contributed by atoms with Gasteiger partial charge < -0.3 is 19.2 Å². The van der Waals surface area contributed by atoms with Crippen LogP contribution in [0.25, 0.3) is 11.0 Å². The molecule has 4 aromatic rings. The van der Waals surface area contributed by atoms with E-state index in [2.05, 4.69) is 0 Å². The number of methoxy groups -OCH3 is 1. The smallest absolute Gasteiger partial charge is 0.347 e. The second-order valence-electron chi connectivity index (χ2n) is 8.50. The van der Waals surface area contributed by atoms with E-state index in [4.69, 9.17) is 9.15 Å². The first-order valence-corrected chi connectivity index (χ1v) is 11.2. The Morgan fingerprint density at radius 3 is 2.51 bits per heavy atom. The molecule has 5 rings (SSSR count). The van der Waals surface area contributed by atoms with Gasteiger partial charge in [0.25, 0.3) is 5.91 Å². The van der Waals surface area contributed by atoms with Gasteiger partial charge in [0.1, 0.15) is 5.56 Å². The van der Waals surface area contributed by atoms with Crippen molar-refractivity contribution in [2.45, 2.75) is 18.4 Å². The van der Waals surface area contributed by atoms with Crippen molar-refractivity contribution in [1.82, 2.24) is 0 Å². The first-order valence-electron chi connectivity index (χ1n) is 11.2. The van der Waals surface area contributed by atoms with Gasteiger partial charge in [-0.1, -0.05) is 60.7 Å². The molecule has 0 radical (unpaired) electrons. The number of fused-ring (bicyclic) bond motifs is 2. The molecule has 0 fully saturated rings. The number of hydrogen-bond acceptors (Lipinski definition) is 6. The van der Waals surface area contributed by atoms with Crippen LogP contribution in [0.15, 0.2) is 88.1 Å². The van der Waals surface area contributed by atoms with Crippen molar-refractivity contribution in [3.63, 3.8) is 0 Å². The summed E-state index contributed by atoms with van der Waals surface area (Å²) in [7, 11) is 1.45. The van der Waals surface area contributed by atoms with Crippen LogP contribution in [0.3, 0.4) is 0 Å². The van der Waals surface area contributed by atoms with Crippen LogP contribution in [0.5, 0.6) is 5.75 Å². The van der Waals surface area contributed by atoms with Gasteiger partial charge in [-0.3, -0.25) is 9.59 Å². The zero-order valence-corrected chi connectivity index (χ0v) is 19.1. The van der Waals surface area contributed by atoms with Gasteiger partial charge in [-0.05, 0) is 30.2 Å². The highest BCUT2D eigenvalue weighted by molar-refractivity contribution is 6.11. The molecule has 1 aliphatic heterocycles. The SMILES string of the molecule is COc1cccc2cc(C(=O)C[C@@]3(O)C(=O)N(CCc4ccccc4)c4ccccc43)c(=O)oc12. The summed E-state index contributed by atoms with van der Waals surface area (Å²) in [5, 5.41) is 12.0. The summed E-state index contributed by atoms with van der Waals surface area (Å²) >= 11 is 0. The molecule has 1 aliphatic rings. The molecule has 0 saturated carbocycles. The molecule has 1 atom stereocenters. The molecule has 1 amide bonds. The fourth-order valence-corrected chi connectivity index (χ4v) is 4.59. The molecule has 1 N–H and O–H groups in total. The summed E-state index contributed by atoms with van der Waals surface area (Å²) in [6.45, 7) is 0.342. The molecule has 7 heteroatoms. The lowest BCUT2D eigenvalue weighted by molar-refractivity contribution is -0.135. The number of carbonyl (C=O) groups is 2. The van der Waals surface area contributed by atoms with Crippen LogP contribution in [0, 0.1) is 0 Å². The lowest BCUT2D eigenvalue weighted by Gasteiger charge is -2.22. The molecule has 3 aromatic carbocycles. The Balaban J connectivity index is 1.46. The second-order valence-corrected chi connectivity index (χ2v) is 8.50. The van der Waals surface area contributed by atoms with E-state index >= 15 is 0 Å². The fraction of sp³-hybridized carbons (Fsp3) is 0.179. The minimum Gasteiger partial charge on any atom is -0.493 e. The van der Waals surface area contributed by atoms with Gasteiger partial charge in [0, 0.05) is 17.5 Å². The zero-order chi connectivity index (χ0) is 24.6. The molecule has 35 heavy (non-hydrogen) atoms. The van der Waals surface area contributed by atoms with Crippen molar-refractivity contribution in [1.29, 1.82) is 0 Å².